The largest absolute Gasteiger partial charge is 0.479 e. The number of anilines is 2. The highest BCUT2D eigenvalue weighted by atomic mass is 16.5. The maximum absolute atomic E-state index is 12.0. The minimum absolute atomic E-state index is 0.0319. The van der Waals surface area contributed by atoms with E-state index in [2.05, 4.69) is 9.97 Å². The lowest BCUT2D eigenvalue weighted by atomic mass is 10.4. The number of methoxy groups -OCH3 is 1. The summed E-state index contributed by atoms with van der Waals surface area (Å²) in [4.78, 5) is 23.5. The topological polar surface area (TPSA) is 84.6 Å². The quantitative estimate of drug-likeness (QED) is 0.801. The van der Waals surface area contributed by atoms with Gasteiger partial charge in [0.05, 0.1) is 13.7 Å². The van der Waals surface area contributed by atoms with Gasteiger partial charge in [-0.25, -0.2) is 4.98 Å². The van der Waals surface area contributed by atoms with Crippen molar-refractivity contribution in [2.75, 3.05) is 44.4 Å². The van der Waals surface area contributed by atoms with Gasteiger partial charge in [0.2, 0.25) is 11.8 Å². The predicted molar refractivity (Wildman–Crippen MR) is 74.2 cm³/mol. The summed E-state index contributed by atoms with van der Waals surface area (Å²) >= 11 is 0. The molecule has 0 aliphatic heterocycles. The van der Waals surface area contributed by atoms with Crippen molar-refractivity contribution in [1.82, 2.24) is 14.9 Å². The molecule has 7 nitrogen and oxygen atoms in total. The zero-order chi connectivity index (χ0) is 14.4. The Balaban J connectivity index is 2.84. The SMILES string of the molecule is CCN(CC)C(=O)CN(C)c1ncnc(OC)c1N. The number of carbonyl (C=O) groups is 1. The number of nitrogens with two attached hydrogens (primary N) is 1. The van der Waals surface area contributed by atoms with Crippen molar-refractivity contribution in [1.29, 1.82) is 0 Å². The van der Waals surface area contributed by atoms with Gasteiger partial charge in [0, 0.05) is 20.1 Å². The summed E-state index contributed by atoms with van der Waals surface area (Å²) in [5, 5.41) is 0. The summed E-state index contributed by atoms with van der Waals surface area (Å²) in [6.45, 7) is 5.48. The van der Waals surface area contributed by atoms with E-state index >= 15 is 0 Å². The Morgan fingerprint density at radius 3 is 2.53 bits per heavy atom. The fourth-order valence-electron chi connectivity index (χ4n) is 1.79. The molecule has 1 aromatic rings. The second-order valence-corrected chi connectivity index (χ2v) is 4.04. The van der Waals surface area contributed by atoms with Crippen LogP contribution in [0.4, 0.5) is 11.5 Å². The van der Waals surface area contributed by atoms with Gasteiger partial charge in [-0.2, -0.15) is 4.98 Å². The molecule has 0 aromatic carbocycles. The first-order chi connectivity index (χ1) is 9.04. The summed E-state index contributed by atoms with van der Waals surface area (Å²) in [5.74, 6) is 0.837. The number of nitrogen functional groups attached to an aromatic ring is 1. The van der Waals surface area contributed by atoms with E-state index in [-0.39, 0.29) is 12.5 Å². The maximum atomic E-state index is 12.0. The Kier molecular flexibility index (Phi) is 5.35. The summed E-state index contributed by atoms with van der Waals surface area (Å²) in [6, 6.07) is 0. The third-order valence-corrected chi connectivity index (χ3v) is 2.87. The van der Waals surface area contributed by atoms with Crippen molar-refractivity contribution in [2.24, 2.45) is 0 Å². The molecule has 0 atom stereocenters. The highest BCUT2D eigenvalue weighted by molar-refractivity contribution is 5.82. The van der Waals surface area contributed by atoms with E-state index in [1.807, 2.05) is 13.8 Å². The first-order valence-corrected chi connectivity index (χ1v) is 6.18. The van der Waals surface area contributed by atoms with Crippen LogP contribution >= 0.6 is 0 Å². The molecule has 0 aliphatic rings. The molecule has 0 fully saturated rings. The molecule has 0 spiro atoms. The number of nitrogens with zero attached hydrogens (tertiary/aromatic N) is 4. The number of rotatable bonds is 6. The average Bonchev–Trinajstić information content (AvgIpc) is 2.40. The third kappa shape index (κ3) is 3.46. The molecule has 19 heavy (non-hydrogen) atoms. The van der Waals surface area contributed by atoms with Gasteiger partial charge in [-0.1, -0.05) is 0 Å². The van der Waals surface area contributed by atoms with E-state index in [1.54, 1.807) is 16.8 Å². The van der Waals surface area contributed by atoms with Crippen LogP contribution in [0.5, 0.6) is 5.88 Å². The van der Waals surface area contributed by atoms with E-state index in [1.165, 1.54) is 13.4 Å². The monoisotopic (exact) mass is 267 g/mol. The highest BCUT2D eigenvalue weighted by Crippen LogP contribution is 2.26. The average molecular weight is 267 g/mol. The molecule has 1 aromatic heterocycles. The van der Waals surface area contributed by atoms with Crippen molar-refractivity contribution in [2.45, 2.75) is 13.8 Å². The fraction of sp³-hybridized carbons (Fsp3) is 0.583. The molecule has 0 saturated heterocycles. The van der Waals surface area contributed by atoms with E-state index in [9.17, 15) is 4.79 Å². The molecule has 0 saturated carbocycles. The van der Waals surface area contributed by atoms with Crippen LogP contribution in [0.25, 0.3) is 0 Å². The van der Waals surface area contributed by atoms with E-state index in [4.69, 9.17) is 10.5 Å². The minimum Gasteiger partial charge on any atom is -0.479 e. The summed E-state index contributed by atoms with van der Waals surface area (Å²) in [7, 11) is 3.25. The van der Waals surface area contributed by atoms with Crippen molar-refractivity contribution in [3.63, 3.8) is 0 Å². The molecule has 7 heteroatoms. The van der Waals surface area contributed by atoms with Gasteiger partial charge in [-0.05, 0) is 13.8 Å². The lowest BCUT2D eigenvalue weighted by molar-refractivity contribution is -0.129. The Morgan fingerprint density at radius 2 is 2.00 bits per heavy atom. The first kappa shape index (κ1) is 15.0. The van der Waals surface area contributed by atoms with Crippen LogP contribution in [0.3, 0.4) is 0 Å². The maximum Gasteiger partial charge on any atom is 0.242 e. The molecule has 0 bridgehead atoms. The molecule has 1 rings (SSSR count). The second-order valence-electron chi connectivity index (χ2n) is 4.04. The highest BCUT2D eigenvalue weighted by Gasteiger charge is 2.17. The lowest BCUT2D eigenvalue weighted by Crippen LogP contribution is -2.39. The molecule has 2 N–H and O–H groups in total. The molecule has 1 amide bonds. The summed E-state index contributed by atoms with van der Waals surface area (Å²) in [6.07, 6.45) is 1.36. The van der Waals surface area contributed by atoms with Gasteiger partial charge >= 0.3 is 0 Å². The van der Waals surface area contributed by atoms with E-state index < -0.39 is 0 Å². The van der Waals surface area contributed by atoms with Gasteiger partial charge in [0.25, 0.3) is 0 Å². The first-order valence-electron chi connectivity index (χ1n) is 6.18. The summed E-state index contributed by atoms with van der Waals surface area (Å²) < 4.78 is 5.03. The number of hydrogen-bond donors (Lipinski definition) is 1. The molecule has 0 radical (unpaired) electrons. The van der Waals surface area contributed by atoms with Gasteiger partial charge in [0.1, 0.15) is 12.0 Å². The molecular weight excluding hydrogens is 246 g/mol. The predicted octanol–water partition coefficient (Wildman–Crippen LogP) is 0.372. The Hall–Kier alpha value is -2.05. The molecule has 1 heterocycles. The van der Waals surface area contributed by atoms with Crippen molar-refractivity contribution in [3.05, 3.63) is 6.33 Å². The van der Waals surface area contributed by atoms with Gasteiger partial charge in [0.15, 0.2) is 5.82 Å². The van der Waals surface area contributed by atoms with E-state index in [0.717, 1.165) is 0 Å². The summed E-state index contributed by atoms with van der Waals surface area (Å²) in [5.41, 5.74) is 6.23. The Bertz CT molecular complexity index is 434. The zero-order valence-electron chi connectivity index (χ0n) is 11.9. The van der Waals surface area contributed by atoms with Gasteiger partial charge in [-0.15, -0.1) is 0 Å². The van der Waals surface area contributed by atoms with Crippen LogP contribution in [-0.2, 0) is 4.79 Å². The molecule has 0 aliphatic carbocycles. The number of hydrogen-bond acceptors (Lipinski definition) is 6. The van der Waals surface area contributed by atoms with Crippen LogP contribution in [0, 0.1) is 0 Å². The third-order valence-electron chi connectivity index (χ3n) is 2.87. The van der Waals surface area contributed by atoms with Crippen LogP contribution < -0.4 is 15.4 Å². The number of amides is 1. The molecule has 106 valence electrons. The van der Waals surface area contributed by atoms with Crippen molar-refractivity contribution >= 4 is 17.4 Å². The normalized spacial score (nSPS) is 10.1. The second kappa shape index (κ2) is 6.77. The standard InChI is InChI=1S/C12H21N5O2/c1-5-17(6-2)9(18)7-16(3)11-10(13)12(19-4)15-8-14-11/h8H,5-7,13H2,1-4H3. The molecular formula is C12H21N5O2. The van der Waals surface area contributed by atoms with Crippen LogP contribution in [0.2, 0.25) is 0 Å². The Labute approximate surface area is 113 Å². The van der Waals surface area contributed by atoms with Gasteiger partial charge in [-0.3, -0.25) is 4.79 Å². The number of ether oxygens (including phenoxy) is 1. The number of carbonyl (C=O) groups excluding carboxylic acids is 1. The lowest BCUT2D eigenvalue weighted by Gasteiger charge is -2.24. The van der Waals surface area contributed by atoms with Gasteiger partial charge < -0.3 is 20.3 Å². The number of likely N-dealkylation sites (N-methyl/N-ethyl adjacent to an activating group) is 2. The Morgan fingerprint density at radius 1 is 1.37 bits per heavy atom. The zero-order valence-corrected chi connectivity index (χ0v) is 11.9. The number of aromatic nitrogens is 2. The van der Waals surface area contributed by atoms with Crippen molar-refractivity contribution < 1.29 is 9.53 Å². The fourth-order valence-corrected chi connectivity index (χ4v) is 1.79. The van der Waals surface area contributed by atoms with Crippen LogP contribution in [0.1, 0.15) is 13.8 Å². The van der Waals surface area contributed by atoms with E-state index in [0.29, 0.717) is 30.5 Å². The van der Waals surface area contributed by atoms with Crippen molar-refractivity contribution in [3.8, 4) is 5.88 Å². The van der Waals surface area contributed by atoms with Crippen LogP contribution in [0.15, 0.2) is 6.33 Å². The smallest absolute Gasteiger partial charge is 0.242 e. The van der Waals surface area contributed by atoms with Crippen LogP contribution in [-0.4, -0.2) is 54.6 Å². The minimum atomic E-state index is 0.0319. The molecule has 0 unspecified atom stereocenters.